The van der Waals surface area contributed by atoms with Gasteiger partial charge in [0.2, 0.25) is 5.91 Å². The first-order valence-corrected chi connectivity index (χ1v) is 8.09. The molecule has 2 N–H and O–H groups in total. The van der Waals surface area contributed by atoms with E-state index in [1.54, 1.807) is 19.1 Å². The molecular formula is C18H16ClF3N2O3. The Hall–Kier alpha value is -2.74. The van der Waals surface area contributed by atoms with Crippen LogP contribution in [0.4, 0.5) is 24.5 Å². The molecule has 27 heavy (non-hydrogen) atoms. The maximum atomic E-state index is 12.6. The summed E-state index contributed by atoms with van der Waals surface area (Å²) in [6.07, 6.45) is -4.50. The Morgan fingerprint density at radius 2 is 1.81 bits per heavy atom. The molecule has 0 aromatic heterocycles. The van der Waals surface area contributed by atoms with Crippen molar-refractivity contribution in [2.24, 2.45) is 0 Å². The fourth-order valence-corrected chi connectivity index (χ4v) is 2.45. The van der Waals surface area contributed by atoms with Crippen molar-refractivity contribution in [3.63, 3.8) is 0 Å². The van der Waals surface area contributed by atoms with Crippen molar-refractivity contribution in [1.29, 1.82) is 0 Å². The van der Waals surface area contributed by atoms with Crippen LogP contribution in [-0.4, -0.2) is 25.5 Å². The van der Waals surface area contributed by atoms with Crippen molar-refractivity contribution in [3.8, 4) is 0 Å². The molecule has 0 unspecified atom stereocenters. The maximum Gasteiger partial charge on any atom is 0.416 e. The van der Waals surface area contributed by atoms with Crippen molar-refractivity contribution in [2.75, 3.05) is 24.3 Å². The number of benzene rings is 2. The van der Waals surface area contributed by atoms with E-state index in [9.17, 15) is 22.8 Å². The molecule has 144 valence electrons. The van der Waals surface area contributed by atoms with E-state index < -0.39 is 23.6 Å². The summed E-state index contributed by atoms with van der Waals surface area (Å²) >= 11 is 5.83. The minimum absolute atomic E-state index is 0.151. The van der Waals surface area contributed by atoms with E-state index in [4.69, 9.17) is 11.6 Å². The molecule has 0 saturated heterocycles. The third-order valence-electron chi connectivity index (χ3n) is 3.67. The zero-order valence-electron chi connectivity index (χ0n) is 14.4. The molecule has 2 aromatic carbocycles. The first kappa shape index (κ1) is 20.6. The van der Waals surface area contributed by atoms with Crippen LogP contribution in [0.3, 0.4) is 0 Å². The van der Waals surface area contributed by atoms with Gasteiger partial charge in [-0.3, -0.25) is 4.79 Å². The predicted molar refractivity (Wildman–Crippen MR) is 96.1 cm³/mol. The SMILES string of the molecule is COC(=O)c1ccc(C)c(NC(=O)CNc2ccc(C(F)(F)F)cc2Cl)c1. The molecule has 5 nitrogen and oxygen atoms in total. The zero-order valence-corrected chi connectivity index (χ0v) is 15.2. The number of nitrogens with one attached hydrogen (secondary N) is 2. The van der Waals surface area contributed by atoms with E-state index in [0.717, 1.165) is 23.8 Å². The van der Waals surface area contributed by atoms with Gasteiger partial charge < -0.3 is 15.4 Å². The average Bonchev–Trinajstić information content (AvgIpc) is 2.61. The average molecular weight is 401 g/mol. The minimum atomic E-state index is -4.50. The molecule has 0 saturated carbocycles. The van der Waals surface area contributed by atoms with Crippen LogP contribution >= 0.6 is 11.6 Å². The van der Waals surface area contributed by atoms with E-state index >= 15 is 0 Å². The second-order valence-electron chi connectivity index (χ2n) is 5.62. The highest BCUT2D eigenvalue weighted by Crippen LogP contribution is 2.33. The summed E-state index contributed by atoms with van der Waals surface area (Å²) in [6.45, 7) is 1.52. The second-order valence-corrected chi connectivity index (χ2v) is 6.02. The van der Waals surface area contributed by atoms with Gasteiger partial charge in [-0.15, -0.1) is 0 Å². The Bertz CT molecular complexity index is 869. The normalized spacial score (nSPS) is 11.0. The number of rotatable bonds is 5. The highest BCUT2D eigenvalue weighted by Gasteiger charge is 2.30. The molecule has 2 aromatic rings. The number of ether oxygens (including phenoxy) is 1. The summed E-state index contributed by atoms with van der Waals surface area (Å²) in [5.41, 5.74) is 0.738. The van der Waals surface area contributed by atoms with Gasteiger partial charge >= 0.3 is 12.1 Å². The highest BCUT2D eigenvalue weighted by atomic mass is 35.5. The highest BCUT2D eigenvalue weighted by molar-refractivity contribution is 6.33. The summed E-state index contributed by atoms with van der Waals surface area (Å²) in [4.78, 5) is 23.7. The molecule has 0 bridgehead atoms. The lowest BCUT2D eigenvalue weighted by Gasteiger charge is -2.13. The summed E-state index contributed by atoms with van der Waals surface area (Å²) in [6, 6.07) is 7.51. The number of halogens is 4. The Morgan fingerprint density at radius 1 is 1.11 bits per heavy atom. The van der Waals surface area contributed by atoms with Gasteiger partial charge in [0, 0.05) is 5.69 Å². The molecule has 0 aliphatic heterocycles. The van der Waals surface area contributed by atoms with Gasteiger partial charge in [-0.25, -0.2) is 4.79 Å². The molecule has 2 rings (SSSR count). The topological polar surface area (TPSA) is 67.4 Å². The quantitative estimate of drug-likeness (QED) is 0.725. The van der Waals surface area contributed by atoms with Crippen LogP contribution in [0.1, 0.15) is 21.5 Å². The molecule has 0 spiro atoms. The fraction of sp³-hybridized carbons (Fsp3) is 0.222. The lowest BCUT2D eigenvalue weighted by atomic mass is 10.1. The number of alkyl halides is 3. The molecule has 9 heteroatoms. The summed E-state index contributed by atoms with van der Waals surface area (Å²) in [5, 5.41) is 5.15. The Labute approximate surface area is 158 Å². The third-order valence-corrected chi connectivity index (χ3v) is 3.98. The minimum Gasteiger partial charge on any atom is -0.465 e. The molecule has 0 aliphatic rings. The van der Waals surface area contributed by atoms with Crippen LogP contribution in [0.15, 0.2) is 36.4 Å². The van der Waals surface area contributed by atoms with Crippen LogP contribution < -0.4 is 10.6 Å². The van der Waals surface area contributed by atoms with E-state index in [1.165, 1.54) is 13.2 Å². The van der Waals surface area contributed by atoms with Crippen molar-refractivity contribution >= 4 is 34.9 Å². The lowest BCUT2D eigenvalue weighted by Crippen LogP contribution is -2.22. The van der Waals surface area contributed by atoms with Crippen LogP contribution in [-0.2, 0) is 15.7 Å². The van der Waals surface area contributed by atoms with Gasteiger partial charge in [0.05, 0.1) is 35.5 Å². The summed E-state index contributed by atoms with van der Waals surface area (Å²) in [7, 11) is 1.25. The van der Waals surface area contributed by atoms with Crippen LogP contribution in [0.25, 0.3) is 0 Å². The van der Waals surface area contributed by atoms with Crippen LogP contribution in [0, 0.1) is 6.92 Å². The second kappa shape index (κ2) is 8.30. The number of hydrogen-bond donors (Lipinski definition) is 2. The molecule has 0 aliphatic carbocycles. The van der Waals surface area contributed by atoms with Gasteiger partial charge in [0.15, 0.2) is 0 Å². The van der Waals surface area contributed by atoms with Gasteiger partial charge in [-0.05, 0) is 42.8 Å². The zero-order chi connectivity index (χ0) is 20.2. The first-order chi connectivity index (χ1) is 12.6. The monoisotopic (exact) mass is 400 g/mol. The summed E-state index contributed by atoms with van der Waals surface area (Å²) < 4.78 is 42.5. The number of aryl methyl sites for hydroxylation is 1. The van der Waals surface area contributed by atoms with Gasteiger partial charge in [0.25, 0.3) is 0 Å². The van der Waals surface area contributed by atoms with E-state index in [0.29, 0.717) is 5.69 Å². The van der Waals surface area contributed by atoms with Crippen molar-refractivity contribution < 1.29 is 27.5 Å². The largest absolute Gasteiger partial charge is 0.465 e. The Morgan fingerprint density at radius 3 is 2.41 bits per heavy atom. The van der Waals surface area contributed by atoms with Crippen LogP contribution in [0.2, 0.25) is 5.02 Å². The molecule has 1 amide bonds. The smallest absolute Gasteiger partial charge is 0.416 e. The Kier molecular flexibility index (Phi) is 6.32. The van der Waals surface area contributed by atoms with Crippen molar-refractivity contribution in [1.82, 2.24) is 0 Å². The van der Waals surface area contributed by atoms with Gasteiger partial charge in [-0.2, -0.15) is 13.2 Å². The molecule has 0 heterocycles. The number of carbonyl (C=O) groups excluding carboxylic acids is 2. The predicted octanol–water partition coefficient (Wildman–Crippen LogP) is 4.50. The van der Waals surface area contributed by atoms with E-state index in [-0.39, 0.29) is 22.8 Å². The number of carbonyl (C=O) groups is 2. The first-order valence-electron chi connectivity index (χ1n) is 7.71. The Balaban J connectivity index is 2.04. The number of hydrogen-bond acceptors (Lipinski definition) is 4. The summed E-state index contributed by atoms with van der Waals surface area (Å²) in [5.74, 6) is -1.00. The standard InChI is InChI=1S/C18H16ClF3N2O3/c1-10-3-4-11(17(26)27-2)7-15(10)24-16(25)9-23-14-6-5-12(8-13(14)19)18(20,21)22/h3-8,23H,9H2,1-2H3,(H,24,25). The number of methoxy groups -OCH3 is 1. The number of amides is 1. The maximum absolute atomic E-state index is 12.6. The fourth-order valence-electron chi connectivity index (χ4n) is 2.21. The third kappa shape index (κ3) is 5.37. The molecule has 0 fully saturated rings. The van der Waals surface area contributed by atoms with Crippen molar-refractivity contribution in [3.05, 3.63) is 58.1 Å². The molecule has 0 radical (unpaired) electrons. The van der Waals surface area contributed by atoms with Crippen molar-refractivity contribution in [2.45, 2.75) is 13.1 Å². The van der Waals surface area contributed by atoms with Crippen LogP contribution in [0.5, 0.6) is 0 Å². The number of esters is 1. The molecule has 0 atom stereocenters. The van der Waals surface area contributed by atoms with Gasteiger partial charge in [-0.1, -0.05) is 17.7 Å². The van der Waals surface area contributed by atoms with E-state index in [2.05, 4.69) is 15.4 Å². The van der Waals surface area contributed by atoms with E-state index in [1.807, 2.05) is 0 Å². The lowest BCUT2D eigenvalue weighted by molar-refractivity contribution is -0.137. The van der Waals surface area contributed by atoms with Gasteiger partial charge in [0.1, 0.15) is 0 Å². The molecular weight excluding hydrogens is 385 g/mol. The number of anilines is 2.